The lowest BCUT2D eigenvalue weighted by atomic mass is 10.1. The molecule has 0 fully saturated rings. The number of ether oxygens (including phenoxy) is 1. The summed E-state index contributed by atoms with van der Waals surface area (Å²) >= 11 is 0. The first-order valence-corrected chi connectivity index (χ1v) is 8.16. The Morgan fingerprint density at radius 1 is 1.26 bits per heavy atom. The van der Waals surface area contributed by atoms with Crippen LogP contribution >= 0.6 is 0 Å². The second-order valence-electron chi connectivity index (χ2n) is 6.02. The molecule has 0 bridgehead atoms. The zero-order chi connectivity index (χ0) is 19.6. The van der Waals surface area contributed by atoms with Gasteiger partial charge in [-0.1, -0.05) is 6.07 Å². The topological polar surface area (TPSA) is 73.2 Å². The number of fused-ring (bicyclic) bond motifs is 1. The van der Waals surface area contributed by atoms with Gasteiger partial charge in [0, 0.05) is 0 Å². The Labute approximate surface area is 153 Å². The predicted octanol–water partition coefficient (Wildman–Crippen LogP) is 2.56. The minimum absolute atomic E-state index is 0.0931. The highest BCUT2D eigenvalue weighted by molar-refractivity contribution is 5.79. The largest absolute Gasteiger partial charge is 0.494 e. The van der Waals surface area contributed by atoms with Crippen LogP contribution in [-0.4, -0.2) is 22.6 Å². The van der Waals surface area contributed by atoms with Gasteiger partial charge in [-0.3, -0.25) is 14.2 Å². The molecule has 140 valence electrons. The monoisotopic (exact) mass is 373 g/mol. The van der Waals surface area contributed by atoms with Crippen molar-refractivity contribution in [3.05, 3.63) is 70.3 Å². The van der Waals surface area contributed by atoms with Gasteiger partial charge in [-0.15, -0.1) is 0 Å². The summed E-state index contributed by atoms with van der Waals surface area (Å²) in [6.45, 7) is 1.40. The van der Waals surface area contributed by atoms with Crippen LogP contribution in [0, 0.1) is 11.6 Å². The summed E-state index contributed by atoms with van der Waals surface area (Å²) in [5, 5.41) is 2.78. The quantitative estimate of drug-likeness (QED) is 0.746. The number of hydrogen-bond acceptors (Lipinski definition) is 4. The van der Waals surface area contributed by atoms with Gasteiger partial charge in [-0.2, -0.15) is 0 Å². The lowest BCUT2D eigenvalue weighted by Crippen LogP contribution is -2.34. The molecule has 3 aromatic rings. The number of nitrogens with zero attached hydrogens (tertiary/aromatic N) is 2. The smallest absolute Gasteiger partial charge is 0.261 e. The zero-order valence-electron chi connectivity index (χ0n) is 14.7. The molecule has 1 atom stereocenters. The molecule has 0 aliphatic rings. The maximum atomic E-state index is 13.8. The van der Waals surface area contributed by atoms with Gasteiger partial charge in [0.25, 0.3) is 5.56 Å². The summed E-state index contributed by atoms with van der Waals surface area (Å²) in [5.41, 5.74) is 0.380. The van der Waals surface area contributed by atoms with Gasteiger partial charge in [0.15, 0.2) is 11.6 Å². The minimum Gasteiger partial charge on any atom is -0.494 e. The molecule has 0 spiro atoms. The number of methoxy groups -OCH3 is 1. The first-order valence-electron chi connectivity index (χ1n) is 8.16. The Hall–Kier alpha value is -3.29. The zero-order valence-corrected chi connectivity index (χ0v) is 14.7. The van der Waals surface area contributed by atoms with Crippen LogP contribution in [0.3, 0.4) is 0 Å². The van der Waals surface area contributed by atoms with Crippen molar-refractivity contribution >= 4 is 16.8 Å². The maximum Gasteiger partial charge on any atom is 0.261 e. The fourth-order valence-corrected chi connectivity index (χ4v) is 2.72. The van der Waals surface area contributed by atoms with Crippen molar-refractivity contribution in [2.24, 2.45) is 0 Å². The highest BCUT2D eigenvalue weighted by Crippen LogP contribution is 2.21. The Balaban J connectivity index is 1.76. The van der Waals surface area contributed by atoms with Crippen LogP contribution in [0.1, 0.15) is 18.5 Å². The van der Waals surface area contributed by atoms with Crippen LogP contribution in [0.25, 0.3) is 10.9 Å². The van der Waals surface area contributed by atoms with Gasteiger partial charge in [0.1, 0.15) is 12.4 Å². The molecule has 2 aromatic carbocycles. The molecule has 1 aromatic heterocycles. The molecule has 0 aliphatic carbocycles. The number of nitrogens with one attached hydrogen (secondary N) is 1. The summed E-state index contributed by atoms with van der Waals surface area (Å²) in [7, 11) is 1.37. The fourth-order valence-electron chi connectivity index (χ4n) is 2.72. The molecule has 0 aliphatic heterocycles. The van der Waals surface area contributed by atoms with Crippen molar-refractivity contribution in [1.29, 1.82) is 0 Å². The van der Waals surface area contributed by atoms with Gasteiger partial charge >= 0.3 is 0 Å². The number of amides is 1. The standard InChI is InChI=1S/C19H17F2N3O3/c1-11(12-3-6-17(27-2)15(21)7-12)23-18(25)9-24-10-22-16-5-4-13(20)8-14(16)19(24)26/h3-8,10-11H,9H2,1-2H3,(H,23,25). The highest BCUT2D eigenvalue weighted by atomic mass is 19.1. The molecule has 6 nitrogen and oxygen atoms in total. The average Bonchev–Trinajstić information content (AvgIpc) is 2.64. The van der Waals surface area contributed by atoms with Gasteiger partial charge in [-0.25, -0.2) is 13.8 Å². The average molecular weight is 373 g/mol. The molecule has 1 unspecified atom stereocenters. The molecule has 8 heteroatoms. The van der Waals surface area contributed by atoms with E-state index in [0.29, 0.717) is 11.1 Å². The number of carbonyl (C=O) groups is 1. The van der Waals surface area contributed by atoms with Crippen molar-refractivity contribution in [2.75, 3.05) is 7.11 Å². The van der Waals surface area contributed by atoms with E-state index in [0.717, 1.165) is 10.6 Å². The lowest BCUT2D eigenvalue weighted by molar-refractivity contribution is -0.122. The molecule has 1 amide bonds. The molecule has 0 radical (unpaired) electrons. The van der Waals surface area contributed by atoms with Crippen LogP contribution < -0.4 is 15.6 Å². The van der Waals surface area contributed by atoms with Crippen LogP contribution in [0.4, 0.5) is 8.78 Å². The number of benzene rings is 2. The molecule has 1 N–H and O–H groups in total. The number of hydrogen-bond donors (Lipinski definition) is 1. The van der Waals surface area contributed by atoms with Crippen molar-refractivity contribution in [2.45, 2.75) is 19.5 Å². The van der Waals surface area contributed by atoms with Crippen molar-refractivity contribution in [1.82, 2.24) is 14.9 Å². The van der Waals surface area contributed by atoms with Gasteiger partial charge in [0.05, 0.1) is 30.4 Å². The van der Waals surface area contributed by atoms with Gasteiger partial charge in [0.2, 0.25) is 5.91 Å². The summed E-state index contributed by atoms with van der Waals surface area (Å²) in [6, 6.07) is 7.59. The second-order valence-corrected chi connectivity index (χ2v) is 6.02. The normalized spacial score (nSPS) is 12.0. The van der Waals surface area contributed by atoms with Gasteiger partial charge < -0.3 is 10.1 Å². The number of aromatic nitrogens is 2. The van der Waals surface area contributed by atoms with Crippen molar-refractivity contribution in [3.8, 4) is 5.75 Å². The second kappa shape index (κ2) is 7.53. The van der Waals surface area contributed by atoms with E-state index >= 15 is 0 Å². The van der Waals surface area contributed by atoms with E-state index in [4.69, 9.17) is 4.74 Å². The Morgan fingerprint density at radius 3 is 2.74 bits per heavy atom. The first kappa shape index (κ1) is 18.5. The first-order chi connectivity index (χ1) is 12.9. The Kier molecular flexibility index (Phi) is 5.16. The number of carbonyl (C=O) groups excluding carboxylic acids is 1. The van der Waals surface area contributed by atoms with E-state index in [-0.39, 0.29) is 17.7 Å². The van der Waals surface area contributed by atoms with E-state index in [1.807, 2.05) is 0 Å². The van der Waals surface area contributed by atoms with Crippen molar-refractivity contribution in [3.63, 3.8) is 0 Å². The third-order valence-corrected chi connectivity index (χ3v) is 4.15. The molecule has 0 saturated heterocycles. The molecular weight excluding hydrogens is 356 g/mol. The summed E-state index contributed by atoms with van der Waals surface area (Å²) < 4.78 is 33.1. The highest BCUT2D eigenvalue weighted by Gasteiger charge is 2.14. The van der Waals surface area contributed by atoms with Crippen LogP contribution in [0.2, 0.25) is 0 Å². The van der Waals surface area contributed by atoms with Crippen LogP contribution in [-0.2, 0) is 11.3 Å². The van der Waals surface area contributed by atoms with Crippen molar-refractivity contribution < 1.29 is 18.3 Å². The van der Waals surface area contributed by atoms with E-state index < -0.39 is 29.1 Å². The van der Waals surface area contributed by atoms with Crippen LogP contribution in [0.5, 0.6) is 5.75 Å². The number of rotatable bonds is 5. The summed E-state index contributed by atoms with van der Waals surface area (Å²) in [5.74, 6) is -1.44. The molecule has 3 rings (SSSR count). The summed E-state index contributed by atoms with van der Waals surface area (Å²) in [6.07, 6.45) is 1.24. The Morgan fingerprint density at radius 2 is 2.04 bits per heavy atom. The van der Waals surface area contributed by atoms with Gasteiger partial charge in [-0.05, 0) is 42.8 Å². The van der Waals surface area contributed by atoms with E-state index in [1.54, 1.807) is 13.0 Å². The molecule has 27 heavy (non-hydrogen) atoms. The summed E-state index contributed by atoms with van der Waals surface area (Å²) in [4.78, 5) is 28.7. The minimum atomic E-state index is -0.557. The molecule has 0 saturated carbocycles. The lowest BCUT2D eigenvalue weighted by Gasteiger charge is -2.16. The van der Waals surface area contributed by atoms with E-state index in [9.17, 15) is 18.4 Å². The molecule has 1 heterocycles. The fraction of sp³-hybridized carbons (Fsp3) is 0.211. The molecular formula is C19H17F2N3O3. The van der Waals surface area contributed by atoms with Crippen LogP contribution in [0.15, 0.2) is 47.5 Å². The SMILES string of the molecule is COc1ccc(C(C)NC(=O)Cn2cnc3ccc(F)cc3c2=O)cc1F. The Bertz CT molecular complexity index is 1070. The van der Waals surface area contributed by atoms with E-state index in [1.165, 1.54) is 37.7 Å². The third kappa shape index (κ3) is 3.94. The maximum absolute atomic E-state index is 13.8. The predicted molar refractivity (Wildman–Crippen MR) is 95.5 cm³/mol. The third-order valence-electron chi connectivity index (χ3n) is 4.15. The number of halogens is 2. The van der Waals surface area contributed by atoms with E-state index in [2.05, 4.69) is 10.3 Å².